The minimum absolute atomic E-state index is 0. The van der Waals surface area contributed by atoms with Crippen LogP contribution in [-0.4, -0.2) is 49.6 Å². The molecule has 1 atom stereocenters. The number of nitrogens with one attached hydrogen (secondary N) is 1. The lowest BCUT2D eigenvalue weighted by molar-refractivity contribution is -0.118. The molecule has 0 saturated carbocycles. The van der Waals surface area contributed by atoms with Crippen molar-refractivity contribution >= 4 is 29.9 Å². The van der Waals surface area contributed by atoms with Gasteiger partial charge < -0.3 is 20.7 Å². The van der Waals surface area contributed by atoms with Gasteiger partial charge in [0, 0.05) is 38.0 Å². The lowest BCUT2D eigenvalue weighted by atomic mass is 10.1. The van der Waals surface area contributed by atoms with Gasteiger partial charge in [-0.05, 0) is 37.1 Å². The standard InChI is InChI=1S/C18H29N3O3.ClH/c1-4-10-21(11-5-2)18(23)14-6-8-15(9-7-14)20-17(22)12-16(13-19)24-3;/h6-9,16H,4-5,10-13,19H2,1-3H3,(H,20,22);1H. The monoisotopic (exact) mass is 371 g/mol. The zero-order valence-electron chi connectivity index (χ0n) is 15.3. The van der Waals surface area contributed by atoms with Crippen LogP contribution in [0.25, 0.3) is 0 Å². The first-order valence-electron chi connectivity index (χ1n) is 8.47. The Balaban J connectivity index is 0.00000576. The van der Waals surface area contributed by atoms with E-state index in [4.69, 9.17) is 10.5 Å². The molecule has 0 heterocycles. The molecule has 2 amide bonds. The Morgan fingerprint density at radius 2 is 1.72 bits per heavy atom. The average Bonchev–Trinajstić information content (AvgIpc) is 2.59. The highest BCUT2D eigenvalue weighted by Gasteiger charge is 2.15. The maximum absolute atomic E-state index is 12.5. The Morgan fingerprint density at radius 3 is 2.16 bits per heavy atom. The van der Waals surface area contributed by atoms with Gasteiger partial charge in [-0.25, -0.2) is 0 Å². The van der Waals surface area contributed by atoms with Gasteiger partial charge in [-0.3, -0.25) is 9.59 Å². The molecule has 1 rings (SSSR count). The Bertz CT molecular complexity index is 513. The SMILES string of the molecule is CCCN(CCC)C(=O)c1ccc(NC(=O)CC(CN)OC)cc1.Cl. The van der Waals surface area contributed by atoms with Gasteiger partial charge in [-0.2, -0.15) is 0 Å². The maximum atomic E-state index is 12.5. The summed E-state index contributed by atoms with van der Waals surface area (Å²) >= 11 is 0. The van der Waals surface area contributed by atoms with Gasteiger partial charge in [0.1, 0.15) is 0 Å². The van der Waals surface area contributed by atoms with E-state index in [0.717, 1.165) is 25.9 Å². The summed E-state index contributed by atoms with van der Waals surface area (Å²) in [5, 5.41) is 2.79. The first-order valence-corrected chi connectivity index (χ1v) is 8.47. The van der Waals surface area contributed by atoms with E-state index in [1.54, 1.807) is 24.3 Å². The molecular formula is C18H30ClN3O3. The van der Waals surface area contributed by atoms with Crippen molar-refractivity contribution in [2.45, 2.75) is 39.2 Å². The number of halogens is 1. The van der Waals surface area contributed by atoms with Gasteiger partial charge in [0.25, 0.3) is 5.91 Å². The van der Waals surface area contributed by atoms with Crippen molar-refractivity contribution in [2.24, 2.45) is 5.73 Å². The zero-order chi connectivity index (χ0) is 17.9. The number of nitrogens with zero attached hydrogens (tertiary/aromatic N) is 1. The van der Waals surface area contributed by atoms with Crippen LogP contribution in [0.4, 0.5) is 5.69 Å². The largest absolute Gasteiger partial charge is 0.380 e. The highest BCUT2D eigenvalue weighted by atomic mass is 35.5. The Labute approximate surface area is 156 Å². The summed E-state index contributed by atoms with van der Waals surface area (Å²) < 4.78 is 5.09. The van der Waals surface area contributed by atoms with E-state index in [2.05, 4.69) is 19.2 Å². The van der Waals surface area contributed by atoms with Gasteiger partial charge in [0.2, 0.25) is 5.91 Å². The predicted molar refractivity (Wildman–Crippen MR) is 103 cm³/mol. The first-order chi connectivity index (χ1) is 11.5. The summed E-state index contributed by atoms with van der Waals surface area (Å²) in [5.74, 6) is -0.135. The van der Waals surface area contributed by atoms with E-state index in [9.17, 15) is 9.59 Å². The summed E-state index contributed by atoms with van der Waals surface area (Å²) in [5.41, 5.74) is 6.79. The minimum atomic E-state index is -0.289. The first kappa shape index (κ1) is 23.4. The van der Waals surface area contributed by atoms with Crippen LogP contribution < -0.4 is 11.1 Å². The average molecular weight is 372 g/mol. The molecule has 1 unspecified atom stereocenters. The van der Waals surface area contributed by atoms with E-state index >= 15 is 0 Å². The second kappa shape index (κ2) is 12.7. The van der Waals surface area contributed by atoms with E-state index in [1.165, 1.54) is 7.11 Å². The number of carbonyl (C=O) groups is 2. The summed E-state index contributed by atoms with van der Waals surface area (Å²) in [4.78, 5) is 26.3. The minimum Gasteiger partial charge on any atom is -0.380 e. The molecule has 0 spiro atoms. The van der Waals surface area contributed by atoms with Crippen LogP contribution in [0, 0.1) is 0 Å². The second-order valence-electron chi connectivity index (χ2n) is 5.72. The highest BCUT2D eigenvalue weighted by molar-refractivity contribution is 5.95. The van der Waals surface area contributed by atoms with Crippen LogP contribution in [0.3, 0.4) is 0 Å². The number of rotatable bonds is 10. The number of anilines is 1. The Kier molecular flexibility index (Phi) is 11.9. The van der Waals surface area contributed by atoms with Crippen LogP contribution in [-0.2, 0) is 9.53 Å². The topological polar surface area (TPSA) is 84.7 Å². The van der Waals surface area contributed by atoms with Gasteiger partial charge in [-0.15, -0.1) is 12.4 Å². The van der Waals surface area contributed by atoms with Crippen molar-refractivity contribution in [3.63, 3.8) is 0 Å². The lowest BCUT2D eigenvalue weighted by Gasteiger charge is -2.21. The maximum Gasteiger partial charge on any atom is 0.253 e. The number of hydrogen-bond donors (Lipinski definition) is 2. The van der Waals surface area contributed by atoms with Crippen LogP contribution in [0.1, 0.15) is 43.5 Å². The molecule has 1 aromatic carbocycles. The molecule has 25 heavy (non-hydrogen) atoms. The predicted octanol–water partition coefficient (Wildman–Crippen LogP) is 2.67. The highest BCUT2D eigenvalue weighted by Crippen LogP contribution is 2.13. The molecule has 142 valence electrons. The van der Waals surface area contributed by atoms with Crippen molar-refractivity contribution in [3.05, 3.63) is 29.8 Å². The third-order valence-corrected chi connectivity index (χ3v) is 3.70. The van der Waals surface area contributed by atoms with Crippen LogP contribution in [0.15, 0.2) is 24.3 Å². The summed E-state index contributed by atoms with van der Waals surface area (Å²) in [6.07, 6.45) is 1.78. The van der Waals surface area contributed by atoms with Gasteiger partial charge in [-0.1, -0.05) is 13.8 Å². The fraction of sp³-hybridized carbons (Fsp3) is 0.556. The second-order valence-corrected chi connectivity index (χ2v) is 5.72. The van der Waals surface area contributed by atoms with Gasteiger partial charge in [0.15, 0.2) is 0 Å². The van der Waals surface area contributed by atoms with Crippen LogP contribution in [0.2, 0.25) is 0 Å². The summed E-state index contributed by atoms with van der Waals surface area (Å²) in [7, 11) is 1.53. The molecule has 0 aliphatic carbocycles. The molecule has 0 aliphatic heterocycles. The third-order valence-electron chi connectivity index (χ3n) is 3.70. The molecule has 0 saturated heterocycles. The van der Waals surface area contributed by atoms with Crippen molar-refractivity contribution in [2.75, 3.05) is 32.1 Å². The molecule has 7 heteroatoms. The number of carbonyl (C=O) groups excluding carboxylic acids is 2. The molecule has 0 aromatic heterocycles. The molecule has 0 bridgehead atoms. The van der Waals surface area contributed by atoms with E-state index in [0.29, 0.717) is 17.8 Å². The number of methoxy groups -OCH3 is 1. The quantitative estimate of drug-likeness (QED) is 0.662. The van der Waals surface area contributed by atoms with Crippen molar-refractivity contribution < 1.29 is 14.3 Å². The van der Waals surface area contributed by atoms with Crippen molar-refractivity contribution in [1.29, 1.82) is 0 Å². The molecule has 0 fully saturated rings. The smallest absolute Gasteiger partial charge is 0.253 e. The fourth-order valence-corrected chi connectivity index (χ4v) is 2.42. The van der Waals surface area contributed by atoms with Crippen molar-refractivity contribution in [1.82, 2.24) is 4.90 Å². The zero-order valence-corrected chi connectivity index (χ0v) is 16.1. The van der Waals surface area contributed by atoms with E-state index < -0.39 is 0 Å². The van der Waals surface area contributed by atoms with E-state index in [-0.39, 0.29) is 36.7 Å². The number of amides is 2. The normalized spacial score (nSPS) is 11.4. The third kappa shape index (κ3) is 7.86. The van der Waals surface area contributed by atoms with Crippen LogP contribution in [0.5, 0.6) is 0 Å². The molecule has 0 aliphatic rings. The van der Waals surface area contributed by atoms with E-state index in [1.807, 2.05) is 4.90 Å². The Morgan fingerprint density at radius 1 is 1.16 bits per heavy atom. The van der Waals surface area contributed by atoms with Gasteiger partial charge in [0.05, 0.1) is 12.5 Å². The van der Waals surface area contributed by atoms with Crippen LogP contribution >= 0.6 is 12.4 Å². The lowest BCUT2D eigenvalue weighted by Crippen LogP contribution is -2.32. The summed E-state index contributed by atoms with van der Waals surface area (Å²) in [6, 6.07) is 6.97. The number of benzene rings is 1. The fourth-order valence-electron chi connectivity index (χ4n) is 2.42. The Hall–Kier alpha value is -1.63. The molecule has 1 aromatic rings. The number of hydrogen-bond acceptors (Lipinski definition) is 4. The van der Waals surface area contributed by atoms with Crippen molar-refractivity contribution in [3.8, 4) is 0 Å². The molecule has 6 nitrogen and oxygen atoms in total. The molecule has 3 N–H and O–H groups in total. The van der Waals surface area contributed by atoms with Gasteiger partial charge >= 0.3 is 0 Å². The molecule has 0 radical (unpaired) electrons. The summed E-state index contributed by atoms with van der Waals surface area (Å²) in [6.45, 7) is 5.92. The molecular weight excluding hydrogens is 342 g/mol. The number of ether oxygens (including phenoxy) is 1. The number of nitrogens with two attached hydrogens (primary N) is 1.